The molecule has 3 fully saturated rings. The topological polar surface area (TPSA) is 161 Å². The second kappa shape index (κ2) is 20.3. The molecule has 0 aromatic heterocycles. The van der Waals surface area contributed by atoms with Crippen molar-refractivity contribution in [2.24, 2.45) is 29.6 Å². The average Bonchev–Trinajstić information content (AvgIpc) is 3.16. The number of esters is 1. The lowest BCUT2D eigenvalue weighted by atomic mass is 9.81. The van der Waals surface area contributed by atoms with Crippen molar-refractivity contribution in [3.05, 3.63) is 36.0 Å². The number of piperidine rings is 1. The Morgan fingerprint density at radius 1 is 0.945 bits per heavy atom. The van der Waals surface area contributed by atoms with E-state index in [1.165, 1.54) is 4.90 Å². The Bertz CT molecular complexity index is 1380. The lowest BCUT2D eigenvalue weighted by molar-refractivity contribution is -0.309. The van der Waals surface area contributed by atoms with Crippen LogP contribution in [0.4, 0.5) is 0 Å². The van der Waals surface area contributed by atoms with Crippen LogP contribution in [0.25, 0.3) is 0 Å². The summed E-state index contributed by atoms with van der Waals surface area (Å²) in [6.45, 7) is 13.6. The molecule has 2 bridgehead atoms. The van der Waals surface area contributed by atoms with Gasteiger partial charge in [0, 0.05) is 52.0 Å². The van der Waals surface area contributed by atoms with Crippen molar-refractivity contribution < 1.29 is 53.4 Å². The summed E-state index contributed by atoms with van der Waals surface area (Å²) >= 11 is 0. The normalized spacial score (nSPS) is 41.8. The Kier molecular flexibility index (Phi) is 16.7. The number of aliphatic hydroxyl groups is 3. The van der Waals surface area contributed by atoms with Crippen molar-refractivity contribution in [1.29, 1.82) is 0 Å². The highest BCUT2D eigenvalue weighted by molar-refractivity contribution is 5.89. The van der Waals surface area contributed by atoms with Crippen molar-refractivity contribution >= 4 is 17.7 Å². The van der Waals surface area contributed by atoms with Crippen LogP contribution >= 0.6 is 0 Å². The number of rotatable bonds is 7. The molecule has 4 rings (SSSR count). The maximum Gasteiger partial charge on any atom is 0.329 e. The van der Waals surface area contributed by atoms with Crippen LogP contribution in [0.3, 0.4) is 0 Å². The van der Waals surface area contributed by atoms with Gasteiger partial charge in [0.15, 0.2) is 0 Å². The van der Waals surface area contributed by atoms with E-state index in [1.807, 2.05) is 26.0 Å². The Morgan fingerprint density at radius 2 is 1.62 bits per heavy atom. The highest BCUT2D eigenvalue weighted by Crippen LogP contribution is 2.40. The molecule has 3 heterocycles. The second-order valence-corrected chi connectivity index (χ2v) is 16.9. The maximum absolute atomic E-state index is 14.6. The standard InChI is InChI=1S/C43H69NO11/c1-10-13-31-19-25(2)18-26(3)20-37(52-8)40-38(53-9)22-28(5)43(50,55-40)42(49)44-17-12-11-14-32(44)41(48)54-39(29(6)34(46)24-35(31)47)27(4)21-30-15-16-33(45)36(23-30)51-7/h10,19,21,26,28-34,36-40,45-46,50H,1,11-18,20,22-24H2,2-9H3/b25-19+,27-21+/t26-,28+,29+,30-,31+,32-,33+,34-,36+,37?,38-,39+,40+,43+/m1/s1. The molecule has 14 atom stereocenters. The summed E-state index contributed by atoms with van der Waals surface area (Å²) in [7, 11) is 4.74. The quantitative estimate of drug-likeness (QED) is 0.234. The summed E-state index contributed by atoms with van der Waals surface area (Å²) in [5.74, 6) is -5.46. The first-order chi connectivity index (χ1) is 26.1. The molecule has 12 nitrogen and oxygen atoms in total. The van der Waals surface area contributed by atoms with Gasteiger partial charge in [-0.3, -0.25) is 9.59 Å². The van der Waals surface area contributed by atoms with Gasteiger partial charge in [-0.15, -0.1) is 6.58 Å². The van der Waals surface area contributed by atoms with Crippen LogP contribution < -0.4 is 0 Å². The van der Waals surface area contributed by atoms with Gasteiger partial charge in [-0.05, 0) is 95.5 Å². The number of Topliss-reactive ketones (excluding diaryl/α,β-unsaturated/α-hetero) is 1. The lowest BCUT2D eigenvalue weighted by Gasteiger charge is -2.49. The smallest absolute Gasteiger partial charge is 0.329 e. The third-order valence-electron chi connectivity index (χ3n) is 12.7. The van der Waals surface area contributed by atoms with E-state index >= 15 is 0 Å². The molecule has 55 heavy (non-hydrogen) atoms. The maximum atomic E-state index is 14.6. The Balaban J connectivity index is 1.78. The fourth-order valence-electron chi connectivity index (χ4n) is 9.33. The largest absolute Gasteiger partial charge is 0.456 e. The summed E-state index contributed by atoms with van der Waals surface area (Å²) in [4.78, 5) is 44.2. The molecule has 0 aromatic rings. The fourth-order valence-corrected chi connectivity index (χ4v) is 9.33. The van der Waals surface area contributed by atoms with Crippen molar-refractivity contribution in [3.63, 3.8) is 0 Å². The van der Waals surface area contributed by atoms with E-state index in [0.29, 0.717) is 69.8 Å². The Morgan fingerprint density at radius 3 is 2.27 bits per heavy atom. The Hall–Kier alpha value is -2.45. The van der Waals surface area contributed by atoms with E-state index < -0.39 is 78.1 Å². The van der Waals surface area contributed by atoms with Gasteiger partial charge >= 0.3 is 5.97 Å². The summed E-state index contributed by atoms with van der Waals surface area (Å²) in [6, 6.07) is -1.00. The van der Waals surface area contributed by atoms with Crippen molar-refractivity contribution in [2.75, 3.05) is 27.9 Å². The highest BCUT2D eigenvalue weighted by Gasteiger charge is 2.56. The molecule has 312 valence electrons. The molecule has 1 saturated carbocycles. The number of amides is 1. The molecule has 2 saturated heterocycles. The number of hydrogen-bond donors (Lipinski definition) is 3. The summed E-state index contributed by atoms with van der Waals surface area (Å²) in [5, 5.41) is 34.3. The molecule has 0 aromatic carbocycles. The average molecular weight is 776 g/mol. The van der Waals surface area contributed by atoms with Gasteiger partial charge in [0.1, 0.15) is 24.0 Å². The molecule has 1 unspecified atom stereocenters. The van der Waals surface area contributed by atoms with Gasteiger partial charge in [0.05, 0.1) is 30.5 Å². The van der Waals surface area contributed by atoms with Gasteiger partial charge in [0.25, 0.3) is 11.7 Å². The third-order valence-corrected chi connectivity index (χ3v) is 12.7. The molecule has 1 amide bonds. The number of hydrogen-bond acceptors (Lipinski definition) is 11. The number of ether oxygens (including phenoxy) is 5. The van der Waals surface area contributed by atoms with E-state index in [4.69, 9.17) is 23.7 Å². The first kappa shape index (κ1) is 45.3. The van der Waals surface area contributed by atoms with Gasteiger partial charge in [-0.1, -0.05) is 44.6 Å². The SMILES string of the molecule is C=CC[C@H]1/C=C(\C)C[C@@H](C)CC(OC)[C@@H]2O[C@](O)(C(=O)N3CCCC[C@@H]3C(=O)O[C@@H](/C(C)=C/[C@H]3CC[C@H](O)[C@@H](OC)C3)[C@@H](C)[C@H](O)CC1=O)[C@@H](C)C[C@H]2OC. The van der Waals surface area contributed by atoms with Crippen LogP contribution in [0.15, 0.2) is 36.0 Å². The van der Waals surface area contributed by atoms with Crippen molar-refractivity contribution in [2.45, 2.75) is 160 Å². The number of nitrogens with zero attached hydrogens (tertiary/aromatic N) is 1. The molecule has 4 aliphatic rings. The van der Waals surface area contributed by atoms with Crippen LogP contribution in [0.1, 0.15) is 105 Å². The summed E-state index contributed by atoms with van der Waals surface area (Å²) in [5.41, 5.74) is 1.70. The van der Waals surface area contributed by atoms with E-state index in [-0.39, 0.29) is 36.7 Å². The predicted molar refractivity (Wildman–Crippen MR) is 208 cm³/mol. The molecule has 1 aliphatic carbocycles. The first-order valence-corrected chi connectivity index (χ1v) is 20.4. The number of carbonyl (C=O) groups excluding carboxylic acids is 3. The number of carbonyl (C=O) groups is 3. The van der Waals surface area contributed by atoms with Crippen LogP contribution in [0.5, 0.6) is 0 Å². The highest BCUT2D eigenvalue weighted by atomic mass is 16.7. The molecule has 12 heteroatoms. The van der Waals surface area contributed by atoms with Crippen molar-refractivity contribution in [3.8, 4) is 0 Å². The van der Waals surface area contributed by atoms with Crippen LogP contribution in [0, 0.1) is 29.6 Å². The molecule has 0 spiro atoms. The van der Waals surface area contributed by atoms with E-state index in [0.717, 1.165) is 5.57 Å². The minimum Gasteiger partial charge on any atom is -0.456 e. The summed E-state index contributed by atoms with van der Waals surface area (Å²) in [6.07, 6.45) is 6.20. The zero-order valence-electron chi connectivity index (χ0n) is 34.5. The van der Waals surface area contributed by atoms with Crippen LogP contribution in [-0.4, -0.2) is 120 Å². The second-order valence-electron chi connectivity index (χ2n) is 16.9. The van der Waals surface area contributed by atoms with Gasteiger partial charge in [-0.2, -0.15) is 0 Å². The van der Waals surface area contributed by atoms with E-state index in [1.54, 1.807) is 41.3 Å². The predicted octanol–water partition coefficient (Wildman–Crippen LogP) is 5.07. The van der Waals surface area contributed by atoms with Gasteiger partial charge in [-0.25, -0.2) is 4.79 Å². The van der Waals surface area contributed by atoms with Crippen molar-refractivity contribution in [1.82, 2.24) is 4.90 Å². The van der Waals surface area contributed by atoms with Crippen LogP contribution in [0.2, 0.25) is 0 Å². The third kappa shape index (κ3) is 10.9. The minimum atomic E-state index is -2.24. The number of allylic oxidation sites excluding steroid dienone is 4. The zero-order valence-corrected chi connectivity index (χ0v) is 34.5. The number of aliphatic hydroxyl groups excluding tert-OH is 2. The number of cyclic esters (lactones) is 1. The molecular weight excluding hydrogens is 706 g/mol. The number of fused-ring (bicyclic) bond motifs is 3. The Labute approximate surface area is 328 Å². The van der Waals surface area contributed by atoms with Gasteiger partial charge < -0.3 is 43.9 Å². The monoisotopic (exact) mass is 775 g/mol. The van der Waals surface area contributed by atoms with E-state index in [9.17, 15) is 29.7 Å². The molecule has 3 aliphatic heterocycles. The fraction of sp³-hybridized carbons (Fsp3) is 0.791. The lowest BCUT2D eigenvalue weighted by Crippen LogP contribution is -2.66. The minimum absolute atomic E-state index is 0.0262. The van der Waals surface area contributed by atoms with E-state index in [2.05, 4.69) is 13.5 Å². The first-order valence-electron chi connectivity index (χ1n) is 20.4. The molecule has 0 radical (unpaired) electrons. The zero-order chi connectivity index (χ0) is 40.6. The number of methoxy groups -OCH3 is 3. The molecule has 3 N–H and O–H groups in total. The van der Waals surface area contributed by atoms with Crippen LogP contribution in [-0.2, 0) is 38.1 Å². The number of ketones is 1. The molecular formula is C43H69NO11. The van der Waals surface area contributed by atoms with Gasteiger partial charge in [0.2, 0.25) is 0 Å². The summed E-state index contributed by atoms with van der Waals surface area (Å²) < 4.78 is 30.1.